The highest BCUT2D eigenvalue weighted by Crippen LogP contribution is 2.50. The zero-order chi connectivity index (χ0) is 26.2. The molecule has 0 radical (unpaired) electrons. The Morgan fingerprint density at radius 3 is 2.68 bits per heavy atom. The SMILES string of the molecule is O=C(C=Cc1cccc(C(F)(F)F)c1)NC1CC(O)C2CN(CC3CC3)CCC2(c2cccc(O)c2)C1. The van der Waals surface area contributed by atoms with Crippen molar-refractivity contribution in [2.75, 3.05) is 19.6 Å². The number of aliphatic hydroxyl groups is 1. The van der Waals surface area contributed by atoms with Crippen molar-refractivity contribution in [1.29, 1.82) is 0 Å². The molecule has 1 aliphatic heterocycles. The number of piperidine rings is 1. The molecule has 3 N–H and O–H groups in total. The number of nitrogens with zero attached hydrogens (tertiary/aromatic N) is 1. The number of rotatable bonds is 6. The van der Waals surface area contributed by atoms with E-state index in [1.54, 1.807) is 12.1 Å². The van der Waals surface area contributed by atoms with Crippen LogP contribution in [0, 0.1) is 11.8 Å². The molecule has 4 atom stereocenters. The second-order valence-corrected chi connectivity index (χ2v) is 10.9. The number of phenols is 1. The Labute approximate surface area is 215 Å². The lowest BCUT2D eigenvalue weighted by atomic mass is 9.57. The third kappa shape index (κ3) is 5.85. The van der Waals surface area contributed by atoms with E-state index in [2.05, 4.69) is 10.2 Å². The summed E-state index contributed by atoms with van der Waals surface area (Å²) in [4.78, 5) is 15.2. The van der Waals surface area contributed by atoms with Crippen LogP contribution in [0.5, 0.6) is 5.75 Å². The van der Waals surface area contributed by atoms with Crippen LogP contribution in [0.2, 0.25) is 0 Å². The molecular formula is C29H33F3N2O3. The van der Waals surface area contributed by atoms with E-state index in [1.807, 2.05) is 12.1 Å². The summed E-state index contributed by atoms with van der Waals surface area (Å²) >= 11 is 0. The Morgan fingerprint density at radius 1 is 1.16 bits per heavy atom. The summed E-state index contributed by atoms with van der Waals surface area (Å²) in [6, 6.07) is 11.7. The summed E-state index contributed by atoms with van der Waals surface area (Å²) in [5.74, 6) is 0.501. The fourth-order valence-electron chi connectivity index (χ4n) is 6.28. The molecule has 2 aromatic carbocycles. The molecule has 1 saturated heterocycles. The number of halogens is 3. The van der Waals surface area contributed by atoms with Crippen LogP contribution in [0.25, 0.3) is 6.08 Å². The molecule has 1 amide bonds. The van der Waals surface area contributed by atoms with Crippen molar-refractivity contribution in [1.82, 2.24) is 10.2 Å². The summed E-state index contributed by atoms with van der Waals surface area (Å²) < 4.78 is 39.0. The summed E-state index contributed by atoms with van der Waals surface area (Å²) in [5.41, 5.74) is 0.103. The van der Waals surface area contributed by atoms with Crippen molar-refractivity contribution >= 4 is 12.0 Å². The number of aliphatic hydroxyl groups excluding tert-OH is 1. The maximum atomic E-state index is 13.0. The van der Waals surface area contributed by atoms with Crippen molar-refractivity contribution in [3.63, 3.8) is 0 Å². The third-order valence-corrected chi connectivity index (χ3v) is 8.26. The molecule has 5 rings (SSSR count). The van der Waals surface area contributed by atoms with Gasteiger partial charge in [-0.05, 0) is 86.0 Å². The van der Waals surface area contributed by atoms with Crippen LogP contribution in [-0.2, 0) is 16.4 Å². The number of fused-ring (bicyclic) bond motifs is 1. The van der Waals surface area contributed by atoms with Crippen LogP contribution in [0.1, 0.15) is 48.8 Å². The van der Waals surface area contributed by atoms with Crippen molar-refractivity contribution in [3.8, 4) is 5.75 Å². The van der Waals surface area contributed by atoms with Crippen molar-refractivity contribution < 1.29 is 28.2 Å². The number of phenolic OH excluding ortho intramolecular Hbond substituents is 1. The van der Waals surface area contributed by atoms with E-state index < -0.39 is 23.8 Å². The predicted octanol–water partition coefficient (Wildman–Crippen LogP) is 4.73. The van der Waals surface area contributed by atoms with E-state index in [1.165, 1.54) is 37.1 Å². The summed E-state index contributed by atoms with van der Waals surface area (Å²) in [6.07, 6.45) is 1.92. The Kier molecular flexibility index (Phi) is 7.07. The number of carbonyl (C=O) groups is 1. The van der Waals surface area contributed by atoms with Crippen LogP contribution < -0.4 is 5.32 Å². The normalized spacial score (nSPS) is 28.7. The van der Waals surface area contributed by atoms with Crippen LogP contribution in [0.15, 0.2) is 54.6 Å². The first-order valence-electron chi connectivity index (χ1n) is 13.0. The first-order chi connectivity index (χ1) is 17.6. The van der Waals surface area contributed by atoms with Crippen LogP contribution in [-0.4, -0.2) is 52.8 Å². The van der Waals surface area contributed by atoms with Crippen LogP contribution >= 0.6 is 0 Å². The van der Waals surface area contributed by atoms with Gasteiger partial charge >= 0.3 is 6.18 Å². The second kappa shape index (κ2) is 10.1. The van der Waals surface area contributed by atoms with Gasteiger partial charge in [-0.1, -0.05) is 24.3 Å². The molecule has 198 valence electrons. The van der Waals surface area contributed by atoms with Crippen molar-refractivity contribution in [2.24, 2.45) is 11.8 Å². The monoisotopic (exact) mass is 514 g/mol. The Hall–Kier alpha value is -2.84. The number of benzene rings is 2. The average molecular weight is 515 g/mol. The molecular weight excluding hydrogens is 481 g/mol. The van der Waals surface area contributed by atoms with Gasteiger partial charge in [0.05, 0.1) is 11.7 Å². The summed E-state index contributed by atoms with van der Waals surface area (Å²) in [7, 11) is 0. The van der Waals surface area contributed by atoms with Gasteiger partial charge in [0.2, 0.25) is 5.91 Å². The Morgan fingerprint density at radius 2 is 1.95 bits per heavy atom. The van der Waals surface area contributed by atoms with Gasteiger partial charge in [-0.25, -0.2) is 0 Å². The lowest BCUT2D eigenvalue weighted by molar-refractivity contribution is -0.137. The average Bonchev–Trinajstić information content (AvgIpc) is 3.67. The van der Waals surface area contributed by atoms with Gasteiger partial charge in [0.25, 0.3) is 0 Å². The lowest BCUT2D eigenvalue weighted by Gasteiger charge is -2.55. The molecule has 5 nitrogen and oxygen atoms in total. The number of hydrogen-bond donors (Lipinski definition) is 3. The highest BCUT2D eigenvalue weighted by atomic mass is 19.4. The quantitative estimate of drug-likeness (QED) is 0.488. The van der Waals surface area contributed by atoms with Crippen LogP contribution in [0.4, 0.5) is 13.2 Å². The predicted molar refractivity (Wildman–Crippen MR) is 135 cm³/mol. The van der Waals surface area contributed by atoms with Crippen molar-refractivity contribution in [2.45, 2.75) is 55.8 Å². The standard InChI is InChI=1S/C29H33F3N2O3/c30-29(31,32)22-5-1-3-19(13-22)9-10-27(37)33-23-15-26(36)25-18-34(17-20-7-8-20)12-11-28(25,16-23)21-4-2-6-24(35)14-21/h1-6,9-10,13-14,20,23,25-26,35-36H,7-8,11-12,15-18H2,(H,33,37). The Balaban J connectivity index is 1.32. The van der Waals surface area contributed by atoms with Gasteiger partial charge in [-0.2, -0.15) is 13.2 Å². The fraction of sp³-hybridized carbons (Fsp3) is 0.483. The molecule has 3 fully saturated rings. The number of alkyl halides is 3. The minimum atomic E-state index is -4.45. The van der Waals surface area contributed by atoms with E-state index in [9.17, 15) is 28.2 Å². The van der Waals surface area contributed by atoms with Gasteiger partial charge < -0.3 is 20.4 Å². The maximum absolute atomic E-state index is 13.0. The number of nitrogens with one attached hydrogen (secondary N) is 1. The first-order valence-corrected chi connectivity index (χ1v) is 13.0. The topological polar surface area (TPSA) is 72.8 Å². The second-order valence-electron chi connectivity index (χ2n) is 10.9. The van der Waals surface area contributed by atoms with E-state index >= 15 is 0 Å². The molecule has 4 unspecified atom stereocenters. The van der Waals surface area contributed by atoms with Crippen LogP contribution in [0.3, 0.4) is 0 Å². The number of likely N-dealkylation sites (tertiary alicyclic amines) is 1. The number of amides is 1. The Bertz CT molecular complexity index is 1160. The number of carbonyl (C=O) groups excluding carboxylic acids is 1. The molecule has 3 aliphatic rings. The zero-order valence-corrected chi connectivity index (χ0v) is 20.6. The smallest absolute Gasteiger partial charge is 0.416 e. The first kappa shape index (κ1) is 25.8. The van der Waals surface area contributed by atoms with E-state index in [4.69, 9.17) is 0 Å². The molecule has 2 aromatic rings. The minimum Gasteiger partial charge on any atom is -0.508 e. The van der Waals surface area contributed by atoms with Gasteiger partial charge in [0, 0.05) is 36.5 Å². The van der Waals surface area contributed by atoms with Crippen molar-refractivity contribution in [3.05, 3.63) is 71.3 Å². The van der Waals surface area contributed by atoms with Gasteiger partial charge in [0.15, 0.2) is 0 Å². The van der Waals surface area contributed by atoms with E-state index in [0.717, 1.165) is 49.7 Å². The highest BCUT2D eigenvalue weighted by molar-refractivity contribution is 5.92. The molecule has 2 aliphatic carbocycles. The molecule has 37 heavy (non-hydrogen) atoms. The molecule has 8 heteroatoms. The van der Waals surface area contributed by atoms with E-state index in [0.29, 0.717) is 12.8 Å². The number of aromatic hydroxyl groups is 1. The third-order valence-electron chi connectivity index (χ3n) is 8.26. The molecule has 0 bridgehead atoms. The molecule has 2 saturated carbocycles. The number of hydrogen-bond acceptors (Lipinski definition) is 4. The fourth-order valence-corrected chi connectivity index (χ4v) is 6.28. The lowest BCUT2D eigenvalue weighted by Crippen LogP contribution is -2.61. The maximum Gasteiger partial charge on any atom is 0.416 e. The minimum absolute atomic E-state index is 0.0180. The largest absolute Gasteiger partial charge is 0.508 e. The molecule has 1 heterocycles. The zero-order valence-electron chi connectivity index (χ0n) is 20.6. The molecule has 0 aromatic heterocycles. The highest BCUT2D eigenvalue weighted by Gasteiger charge is 2.52. The van der Waals surface area contributed by atoms with Gasteiger partial charge in [-0.3, -0.25) is 4.79 Å². The summed E-state index contributed by atoms with van der Waals surface area (Å²) in [5, 5.41) is 24.5. The summed E-state index contributed by atoms with van der Waals surface area (Å²) in [6.45, 7) is 2.73. The van der Waals surface area contributed by atoms with Gasteiger partial charge in [-0.15, -0.1) is 0 Å². The molecule has 0 spiro atoms. The van der Waals surface area contributed by atoms with E-state index in [-0.39, 0.29) is 28.7 Å². The van der Waals surface area contributed by atoms with Gasteiger partial charge in [0.1, 0.15) is 5.75 Å².